The molecule has 0 aliphatic heterocycles. The molecule has 2 aromatic rings. The van der Waals surface area contributed by atoms with Crippen molar-refractivity contribution < 1.29 is 9.53 Å². The van der Waals surface area contributed by atoms with Crippen LogP contribution in [0, 0.1) is 0 Å². The number of esters is 1. The maximum atomic E-state index is 11.2. The highest BCUT2D eigenvalue weighted by molar-refractivity contribution is 5.74. The second-order valence-corrected chi connectivity index (χ2v) is 3.98. The number of nitrogens with zero attached hydrogens (tertiary/aromatic N) is 6. The lowest BCUT2D eigenvalue weighted by molar-refractivity contribution is -0.138. The van der Waals surface area contributed by atoms with Crippen molar-refractivity contribution >= 4 is 17.9 Å². The zero-order valence-corrected chi connectivity index (χ0v) is 11.8. The van der Waals surface area contributed by atoms with Crippen molar-refractivity contribution in [1.82, 2.24) is 29.7 Å². The minimum absolute atomic E-state index is 0.0372. The van der Waals surface area contributed by atoms with Gasteiger partial charge >= 0.3 is 5.97 Å². The molecule has 0 atom stereocenters. The molecule has 0 aliphatic carbocycles. The predicted molar refractivity (Wildman–Crippen MR) is 74.0 cm³/mol. The molecule has 2 aromatic heterocycles. The van der Waals surface area contributed by atoms with Crippen molar-refractivity contribution in [2.45, 2.75) is 13.3 Å². The molecule has 0 bridgehead atoms. The van der Waals surface area contributed by atoms with Gasteiger partial charge in [0.2, 0.25) is 11.9 Å². The fraction of sp³-hybridized carbons (Fsp3) is 0.455. The molecule has 0 spiro atoms. The van der Waals surface area contributed by atoms with Crippen LogP contribution >= 0.6 is 0 Å². The van der Waals surface area contributed by atoms with Crippen LogP contribution in [0.15, 0.2) is 12.7 Å². The zero-order chi connectivity index (χ0) is 15.1. The molecule has 10 heteroatoms. The van der Waals surface area contributed by atoms with Crippen molar-refractivity contribution in [3.8, 4) is 5.95 Å². The van der Waals surface area contributed by atoms with Gasteiger partial charge in [-0.1, -0.05) is 6.92 Å². The number of hydrogen-bond donors (Lipinski definition) is 2. The van der Waals surface area contributed by atoms with Crippen LogP contribution in [0.4, 0.5) is 11.9 Å². The molecule has 2 heterocycles. The molecule has 0 radical (unpaired) electrons. The van der Waals surface area contributed by atoms with E-state index in [4.69, 9.17) is 0 Å². The third kappa shape index (κ3) is 4.09. The van der Waals surface area contributed by atoms with Crippen LogP contribution in [0.1, 0.15) is 13.3 Å². The van der Waals surface area contributed by atoms with E-state index < -0.39 is 5.97 Å². The lowest BCUT2D eigenvalue weighted by Gasteiger charge is -2.08. The Morgan fingerprint density at radius 2 is 2.05 bits per heavy atom. The average Bonchev–Trinajstić information content (AvgIpc) is 3.04. The van der Waals surface area contributed by atoms with Crippen LogP contribution < -0.4 is 10.6 Å². The minimum Gasteiger partial charge on any atom is -0.468 e. The Hall–Kier alpha value is -2.78. The predicted octanol–water partition coefficient (Wildman–Crippen LogP) is -0.141. The maximum absolute atomic E-state index is 11.2. The van der Waals surface area contributed by atoms with Gasteiger partial charge < -0.3 is 15.4 Å². The third-order valence-electron chi connectivity index (χ3n) is 2.40. The van der Waals surface area contributed by atoms with Gasteiger partial charge in [0.05, 0.1) is 7.11 Å². The van der Waals surface area contributed by atoms with Crippen LogP contribution in [0.3, 0.4) is 0 Å². The molecule has 0 aliphatic rings. The topological polar surface area (TPSA) is 120 Å². The van der Waals surface area contributed by atoms with E-state index in [1.54, 1.807) is 0 Å². The Morgan fingerprint density at radius 3 is 2.67 bits per heavy atom. The van der Waals surface area contributed by atoms with Gasteiger partial charge in [0.1, 0.15) is 19.2 Å². The number of nitrogens with one attached hydrogen (secondary N) is 2. The van der Waals surface area contributed by atoms with E-state index in [1.165, 1.54) is 24.4 Å². The lowest BCUT2D eigenvalue weighted by atomic mass is 10.5. The fourth-order valence-corrected chi connectivity index (χ4v) is 1.40. The van der Waals surface area contributed by atoms with Crippen LogP contribution in [0.5, 0.6) is 0 Å². The number of methoxy groups -OCH3 is 1. The second-order valence-electron chi connectivity index (χ2n) is 3.98. The highest BCUT2D eigenvalue weighted by Gasteiger charge is 2.09. The van der Waals surface area contributed by atoms with E-state index in [-0.39, 0.29) is 12.5 Å². The molecule has 21 heavy (non-hydrogen) atoms. The Labute approximate surface area is 121 Å². The number of anilines is 2. The summed E-state index contributed by atoms with van der Waals surface area (Å²) in [5.74, 6) is 0.526. The van der Waals surface area contributed by atoms with Crippen molar-refractivity contribution in [2.75, 3.05) is 30.8 Å². The summed E-state index contributed by atoms with van der Waals surface area (Å²) in [4.78, 5) is 27.6. The van der Waals surface area contributed by atoms with Crippen molar-refractivity contribution in [1.29, 1.82) is 0 Å². The van der Waals surface area contributed by atoms with E-state index >= 15 is 0 Å². The van der Waals surface area contributed by atoms with Gasteiger partial charge in [-0.15, -0.1) is 0 Å². The van der Waals surface area contributed by atoms with Crippen LogP contribution in [0.25, 0.3) is 5.95 Å². The van der Waals surface area contributed by atoms with Gasteiger partial charge in [-0.05, 0) is 6.42 Å². The van der Waals surface area contributed by atoms with Gasteiger partial charge in [0.25, 0.3) is 5.95 Å². The van der Waals surface area contributed by atoms with Gasteiger partial charge in [-0.25, -0.2) is 4.98 Å². The summed E-state index contributed by atoms with van der Waals surface area (Å²) in [5, 5.41) is 9.80. The third-order valence-corrected chi connectivity index (χ3v) is 2.40. The number of hydrogen-bond acceptors (Lipinski definition) is 9. The largest absolute Gasteiger partial charge is 0.468 e. The molecule has 2 rings (SSSR count). The summed E-state index contributed by atoms with van der Waals surface area (Å²) in [6.45, 7) is 2.71. The SMILES string of the molecule is CCCNc1nc(NCC(=O)OC)nc(-n2cncn2)n1. The maximum Gasteiger partial charge on any atom is 0.325 e. The Morgan fingerprint density at radius 1 is 1.29 bits per heavy atom. The van der Waals surface area contributed by atoms with E-state index in [0.717, 1.165) is 13.0 Å². The molecule has 0 saturated carbocycles. The smallest absolute Gasteiger partial charge is 0.325 e. The quantitative estimate of drug-likeness (QED) is 0.671. The molecule has 0 saturated heterocycles. The van der Waals surface area contributed by atoms with Gasteiger partial charge in [0, 0.05) is 6.54 Å². The molecule has 10 nitrogen and oxygen atoms in total. The number of rotatable bonds is 7. The Bertz CT molecular complexity index is 586. The highest BCUT2D eigenvalue weighted by atomic mass is 16.5. The Balaban J connectivity index is 2.22. The molecule has 0 unspecified atom stereocenters. The van der Waals surface area contributed by atoms with Crippen molar-refractivity contribution in [2.24, 2.45) is 0 Å². The standard InChI is InChI=1S/C11H16N8O2/c1-3-4-13-9-16-10(14-5-8(20)21-2)18-11(17-9)19-7-12-6-15-19/h6-7H,3-5H2,1-2H3,(H2,13,14,16,17,18). The number of ether oxygens (including phenoxy) is 1. The summed E-state index contributed by atoms with van der Waals surface area (Å²) in [5.41, 5.74) is 0. The first-order valence-corrected chi connectivity index (χ1v) is 6.38. The minimum atomic E-state index is -0.416. The number of aromatic nitrogens is 6. The zero-order valence-electron chi connectivity index (χ0n) is 11.8. The summed E-state index contributed by atoms with van der Waals surface area (Å²) in [6, 6.07) is 0. The lowest BCUT2D eigenvalue weighted by Crippen LogP contribution is -2.19. The van der Waals surface area contributed by atoms with E-state index in [0.29, 0.717) is 11.9 Å². The van der Waals surface area contributed by atoms with E-state index in [2.05, 4.69) is 40.4 Å². The van der Waals surface area contributed by atoms with Gasteiger partial charge in [-0.2, -0.15) is 24.7 Å². The normalized spacial score (nSPS) is 10.2. The summed E-state index contributed by atoms with van der Waals surface area (Å²) < 4.78 is 5.96. The van der Waals surface area contributed by atoms with Crippen LogP contribution in [0.2, 0.25) is 0 Å². The summed E-state index contributed by atoms with van der Waals surface area (Å²) in [6.07, 6.45) is 3.78. The summed E-state index contributed by atoms with van der Waals surface area (Å²) in [7, 11) is 1.31. The number of carbonyl (C=O) groups is 1. The molecular weight excluding hydrogens is 276 g/mol. The van der Waals surface area contributed by atoms with Crippen molar-refractivity contribution in [3.63, 3.8) is 0 Å². The Kier molecular flexibility index (Phi) is 4.96. The highest BCUT2D eigenvalue weighted by Crippen LogP contribution is 2.08. The van der Waals surface area contributed by atoms with E-state index in [9.17, 15) is 4.79 Å². The molecule has 0 fully saturated rings. The first-order chi connectivity index (χ1) is 10.2. The fourth-order valence-electron chi connectivity index (χ4n) is 1.40. The molecule has 0 amide bonds. The first-order valence-electron chi connectivity index (χ1n) is 6.38. The molecule has 112 valence electrons. The monoisotopic (exact) mass is 292 g/mol. The average molecular weight is 292 g/mol. The molecule has 0 aromatic carbocycles. The van der Waals surface area contributed by atoms with Gasteiger partial charge in [0.15, 0.2) is 0 Å². The second kappa shape index (κ2) is 7.12. The first kappa shape index (κ1) is 14.6. The van der Waals surface area contributed by atoms with Crippen molar-refractivity contribution in [3.05, 3.63) is 12.7 Å². The van der Waals surface area contributed by atoms with Crippen LogP contribution in [-0.2, 0) is 9.53 Å². The molecular formula is C11H16N8O2. The van der Waals surface area contributed by atoms with E-state index in [1.807, 2.05) is 6.92 Å². The summed E-state index contributed by atoms with van der Waals surface area (Å²) >= 11 is 0. The van der Waals surface area contributed by atoms with Crippen LogP contribution in [-0.4, -0.2) is 55.9 Å². The van der Waals surface area contributed by atoms with Gasteiger partial charge in [-0.3, -0.25) is 4.79 Å². The molecule has 2 N–H and O–H groups in total. The number of carbonyl (C=O) groups excluding carboxylic acids is 1.